The Morgan fingerprint density at radius 3 is 2.62 bits per heavy atom. The van der Waals surface area contributed by atoms with Crippen LogP contribution in [0.1, 0.15) is 24.5 Å². The van der Waals surface area contributed by atoms with E-state index in [9.17, 15) is 22.4 Å². The van der Waals surface area contributed by atoms with Gasteiger partial charge in [-0.3, -0.25) is 4.79 Å². The second-order valence-corrected chi connectivity index (χ2v) is 6.42. The Hall–Kier alpha value is -2.35. The van der Waals surface area contributed by atoms with Crippen LogP contribution in [-0.2, 0) is 12.5 Å². The molecule has 0 radical (unpaired) electrons. The molecular formula is C18H19F4N3O. The molecule has 2 aromatic rings. The van der Waals surface area contributed by atoms with E-state index in [2.05, 4.69) is 10.6 Å². The third kappa shape index (κ3) is 2.68. The molecular weight excluding hydrogens is 350 g/mol. The first-order chi connectivity index (χ1) is 12.2. The SMILES string of the molecule is CCCNCC1(C(F)(F)F)c2cc(F)ccc2Nc2c1ccn(C)c2=O. The highest BCUT2D eigenvalue weighted by atomic mass is 19.4. The second-order valence-electron chi connectivity index (χ2n) is 6.42. The summed E-state index contributed by atoms with van der Waals surface area (Å²) in [5.74, 6) is -0.762. The summed E-state index contributed by atoms with van der Waals surface area (Å²) in [4.78, 5) is 12.5. The number of aromatic nitrogens is 1. The number of rotatable bonds is 4. The summed E-state index contributed by atoms with van der Waals surface area (Å²) >= 11 is 0. The minimum atomic E-state index is -4.74. The van der Waals surface area contributed by atoms with Crippen LogP contribution in [0.3, 0.4) is 0 Å². The monoisotopic (exact) mass is 369 g/mol. The van der Waals surface area contributed by atoms with Gasteiger partial charge in [0.15, 0.2) is 0 Å². The van der Waals surface area contributed by atoms with Crippen molar-refractivity contribution in [2.24, 2.45) is 7.05 Å². The van der Waals surface area contributed by atoms with Crippen LogP contribution >= 0.6 is 0 Å². The molecule has 8 heteroatoms. The van der Waals surface area contributed by atoms with Crippen LogP contribution < -0.4 is 16.2 Å². The van der Waals surface area contributed by atoms with E-state index in [1.54, 1.807) is 0 Å². The molecule has 0 spiro atoms. The molecule has 0 fully saturated rings. The van der Waals surface area contributed by atoms with E-state index in [-0.39, 0.29) is 22.5 Å². The highest BCUT2D eigenvalue weighted by molar-refractivity contribution is 5.76. The van der Waals surface area contributed by atoms with Gasteiger partial charge in [0.2, 0.25) is 0 Å². The van der Waals surface area contributed by atoms with Crippen LogP contribution in [0.4, 0.5) is 28.9 Å². The van der Waals surface area contributed by atoms with Crippen molar-refractivity contribution < 1.29 is 17.6 Å². The molecule has 1 aliphatic heterocycles. The van der Waals surface area contributed by atoms with Crippen molar-refractivity contribution in [1.82, 2.24) is 9.88 Å². The molecule has 2 N–H and O–H groups in total. The molecule has 1 atom stereocenters. The largest absolute Gasteiger partial charge is 0.403 e. The molecule has 1 aromatic carbocycles. The minimum absolute atomic E-state index is 0.0813. The quantitative estimate of drug-likeness (QED) is 0.641. The first-order valence-electron chi connectivity index (χ1n) is 8.27. The summed E-state index contributed by atoms with van der Waals surface area (Å²) in [6, 6.07) is 4.48. The Labute approximate surface area is 147 Å². The zero-order chi connectivity index (χ0) is 19.1. The number of halogens is 4. The average molecular weight is 369 g/mol. The van der Waals surface area contributed by atoms with Gasteiger partial charge >= 0.3 is 6.18 Å². The maximum atomic E-state index is 14.4. The molecule has 0 saturated carbocycles. The normalized spacial score (nSPS) is 18.8. The second kappa shape index (κ2) is 6.42. The zero-order valence-electron chi connectivity index (χ0n) is 14.4. The van der Waals surface area contributed by atoms with E-state index >= 15 is 0 Å². The maximum absolute atomic E-state index is 14.4. The predicted molar refractivity (Wildman–Crippen MR) is 91.4 cm³/mol. The predicted octanol–water partition coefficient (Wildman–Crippen LogP) is 3.43. The number of nitrogens with one attached hydrogen (secondary N) is 2. The molecule has 1 unspecified atom stereocenters. The summed E-state index contributed by atoms with van der Waals surface area (Å²) in [7, 11) is 1.47. The van der Waals surface area contributed by atoms with Crippen molar-refractivity contribution >= 4 is 11.4 Å². The lowest BCUT2D eigenvalue weighted by atomic mass is 9.70. The number of aryl methyl sites for hydroxylation is 1. The Morgan fingerprint density at radius 2 is 1.96 bits per heavy atom. The van der Waals surface area contributed by atoms with Gasteiger partial charge < -0.3 is 15.2 Å². The number of benzene rings is 1. The van der Waals surface area contributed by atoms with E-state index in [4.69, 9.17) is 0 Å². The van der Waals surface area contributed by atoms with Crippen LogP contribution in [0, 0.1) is 5.82 Å². The molecule has 140 valence electrons. The van der Waals surface area contributed by atoms with E-state index in [1.165, 1.54) is 29.9 Å². The number of anilines is 2. The van der Waals surface area contributed by atoms with Gasteiger partial charge in [-0.2, -0.15) is 13.2 Å². The fourth-order valence-electron chi connectivity index (χ4n) is 3.41. The molecule has 0 aliphatic carbocycles. The molecule has 1 aromatic heterocycles. The zero-order valence-corrected chi connectivity index (χ0v) is 14.4. The number of alkyl halides is 3. The molecule has 1 aliphatic rings. The summed E-state index contributed by atoms with van der Waals surface area (Å²) in [5.41, 5.74) is -3.57. The van der Waals surface area contributed by atoms with Crippen LogP contribution in [0.2, 0.25) is 0 Å². The van der Waals surface area contributed by atoms with Crippen LogP contribution in [0.25, 0.3) is 0 Å². The molecule has 0 saturated heterocycles. The van der Waals surface area contributed by atoms with Gasteiger partial charge in [-0.1, -0.05) is 6.92 Å². The van der Waals surface area contributed by atoms with Gasteiger partial charge in [-0.25, -0.2) is 4.39 Å². The Balaban J connectivity index is 2.36. The Kier molecular flexibility index (Phi) is 4.56. The molecule has 26 heavy (non-hydrogen) atoms. The third-order valence-electron chi connectivity index (χ3n) is 4.73. The summed E-state index contributed by atoms with van der Waals surface area (Å²) < 4.78 is 58.4. The lowest BCUT2D eigenvalue weighted by molar-refractivity contribution is -0.177. The third-order valence-corrected chi connectivity index (χ3v) is 4.73. The van der Waals surface area contributed by atoms with Crippen LogP contribution in [-0.4, -0.2) is 23.8 Å². The topological polar surface area (TPSA) is 46.1 Å². The Morgan fingerprint density at radius 1 is 1.23 bits per heavy atom. The molecule has 0 amide bonds. The van der Waals surface area contributed by atoms with Crippen molar-refractivity contribution in [2.75, 3.05) is 18.4 Å². The standard InChI is InChI=1S/C18H19F4N3O/c1-3-7-23-10-17(18(20,21)22)12-6-8-25(2)16(26)15(12)24-14-5-4-11(19)9-13(14)17/h4-6,8-9,23-24H,3,7,10H2,1-2H3. The van der Waals surface area contributed by atoms with Crippen molar-refractivity contribution in [1.29, 1.82) is 0 Å². The molecule has 4 nitrogen and oxygen atoms in total. The Bertz CT molecular complexity index is 891. The number of nitrogens with zero attached hydrogens (tertiary/aromatic N) is 1. The van der Waals surface area contributed by atoms with Gasteiger partial charge in [0, 0.05) is 31.0 Å². The van der Waals surface area contributed by atoms with Gasteiger partial charge in [0.25, 0.3) is 5.56 Å². The summed E-state index contributed by atoms with van der Waals surface area (Å²) in [6.07, 6.45) is -2.79. The first kappa shape index (κ1) is 18.4. The van der Waals surface area contributed by atoms with Crippen molar-refractivity contribution in [2.45, 2.75) is 24.9 Å². The highest BCUT2D eigenvalue weighted by Crippen LogP contribution is 2.53. The number of fused-ring (bicyclic) bond motifs is 2. The summed E-state index contributed by atoms with van der Waals surface area (Å²) in [5, 5.41) is 5.57. The smallest absolute Gasteiger partial charge is 0.350 e. The first-order valence-corrected chi connectivity index (χ1v) is 8.27. The van der Waals surface area contributed by atoms with Gasteiger partial charge in [-0.15, -0.1) is 0 Å². The van der Waals surface area contributed by atoms with Gasteiger partial charge in [0.1, 0.15) is 16.9 Å². The number of hydrogen-bond donors (Lipinski definition) is 2. The summed E-state index contributed by atoms with van der Waals surface area (Å²) in [6.45, 7) is 1.73. The lowest BCUT2D eigenvalue weighted by Crippen LogP contribution is -2.53. The van der Waals surface area contributed by atoms with E-state index in [0.29, 0.717) is 13.0 Å². The van der Waals surface area contributed by atoms with Gasteiger partial charge in [-0.05, 0) is 42.8 Å². The van der Waals surface area contributed by atoms with E-state index < -0.39 is 29.5 Å². The van der Waals surface area contributed by atoms with Crippen molar-refractivity contribution in [3.63, 3.8) is 0 Å². The van der Waals surface area contributed by atoms with Crippen LogP contribution in [0.15, 0.2) is 35.3 Å². The fourth-order valence-corrected chi connectivity index (χ4v) is 3.41. The maximum Gasteiger partial charge on any atom is 0.403 e. The van der Waals surface area contributed by atoms with E-state index in [0.717, 1.165) is 12.1 Å². The average Bonchev–Trinajstić information content (AvgIpc) is 2.57. The van der Waals surface area contributed by atoms with Crippen LogP contribution in [0.5, 0.6) is 0 Å². The fraction of sp³-hybridized carbons (Fsp3) is 0.389. The van der Waals surface area contributed by atoms with Gasteiger partial charge in [0.05, 0.1) is 0 Å². The minimum Gasteiger partial charge on any atom is -0.350 e. The van der Waals surface area contributed by atoms with Crippen molar-refractivity contribution in [3.8, 4) is 0 Å². The van der Waals surface area contributed by atoms with Crippen molar-refractivity contribution in [3.05, 3.63) is 57.8 Å². The van der Waals surface area contributed by atoms with E-state index in [1.807, 2.05) is 6.92 Å². The molecule has 2 heterocycles. The lowest BCUT2D eigenvalue weighted by Gasteiger charge is -2.42. The highest BCUT2D eigenvalue weighted by Gasteiger charge is 2.60. The molecule has 0 bridgehead atoms. The number of hydrogen-bond acceptors (Lipinski definition) is 3. The number of pyridine rings is 1. The molecule has 3 rings (SSSR count).